The highest BCUT2D eigenvalue weighted by atomic mass is 35.5. The minimum Gasteiger partial charge on any atom is -0.494 e. The Balaban J connectivity index is 2.28. The summed E-state index contributed by atoms with van der Waals surface area (Å²) in [5.74, 6) is 0.910. The predicted molar refractivity (Wildman–Crippen MR) is 76.3 cm³/mol. The second-order valence-electron chi connectivity index (χ2n) is 4.07. The molecule has 0 atom stereocenters. The fourth-order valence-electron chi connectivity index (χ4n) is 1.86. The van der Waals surface area contributed by atoms with E-state index in [2.05, 4.69) is 6.07 Å². The quantitative estimate of drug-likeness (QED) is 0.847. The van der Waals surface area contributed by atoms with Gasteiger partial charge in [-0.25, -0.2) is 0 Å². The fourth-order valence-corrected chi connectivity index (χ4v) is 2.11. The van der Waals surface area contributed by atoms with Crippen LogP contribution in [0.4, 0.5) is 5.69 Å². The van der Waals surface area contributed by atoms with Crippen LogP contribution in [-0.2, 0) is 6.42 Å². The molecule has 0 bridgehead atoms. The summed E-state index contributed by atoms with van der Waals surface area (Å²) in [6.07, 6.45) is 0.745. The maximum absolute atomic E-state index is 6.19. The van der Waals surface area contributed by atoms with Crippen LogP contribution in [0.3, 0.4) is 0 Å². The number of hydrogen-bond acceptors (Lipinski definition) is 2. The molecule has 0 aromatic heterocycles. The van der Waals surface area contributed by atoms with Crippen LogP contribution in [-0.4, -0.2) is 6.61 Å². The lowest BCUT2D eigenvalue weighted by molar-refractivity contribution is 0.337. The van der Waals surface area contributed by atoms with Crippen LogP contribution < -0.4 is 10.5 Å². The smallest absolute Gasteiger partial charge is 0.122 e. The second-order valence-corrected chi connectivity index (χ2v) is 4.48. The Morgan fingerprint density at radius 2 is 1.89 bits per heavy atom. The molecular weight excluding hydrogens is 246 g/mol. The van der Waals surface area contributed by atoms with Crippen molar-refractivity contribution in [1.29, 1.82) is 0 Å². The second kappa shape index (κ2) is 5.78. The van der Waals surface area contributed by atoms with Gasteiger partial charge in [0.1, 0.15) is 5.75 Å². The topological polar surface area (TPSA) is 35.2 Å². The van der Waals surface area contributed by atoms with Gasteiger partial charge in [0.05, 0.1) is 6.61 Å². The van der Waals surface area contributed by atoms with E-state index in [-0.39, 0.29) is 0 Å². The van der Waals surface area contributed by atoms with Gasteiger partial charge >= 0.3 is 0 Å². The molecule has 0 saturated carbocycles. The molecule has 0 fully saturated rings. The molecule has 2 aromatic rings. The molecular formula is C15H16ClNO. The van der Waals surface area contributed by atoms with E-state index in [0.717, 1.165) is 23.3 Å². The van der Waals surface area contributed by atoms with Crippen molar-refractivity contribution in [2.24, 2.45) is 0 Å². The Morgan fingerprint density at radius 3 is 2.61 bits per heavy atom. The van der Waals surface area contributed by atoms with Crippen LogP contribution in [0.2, 0.25) is 5.02 Å². The molecule has 0 aliphatic heterocycles. The first-order valence-electron chi connectivity index (χ1n) is 5.95. The number of benzene rings is 2. The third-order valence-electron chi connectivity index (χ3n) is 2.73. The van der Waals surface area contributed by atoms with Gasteiger partial charge in [0.2, 0.25) is 0 Å². The van der Waals surface area contributed by atoms with E-state index >= 15 is 0 Å². The Hall–Kier alpha value is -1.67. The van der Waals surface area contributed by atoms with Gasteiger partial charge in [-0.3, -0.25) is 0 Å². The number of anilines is 1. The van der Waals surface area contributed by atoms with E-state index in [4.69, 9.17) is 22.1 Å². The maximum Gasteiger partial charge on any atom is 0.122 e. The van der Waals surface area contributed by atoms with E-state index in [0.29, 0.717) is 17.3 Å². The number of para-hydroxylation sites is 1. The third kappa shape index (κ3) is 2.96. The number of nitrogens with two attached hydrogens (primary N) is 1. The van der Waals surface area contributed by atoms with Gasteiger partial charge in [-0.15, -0.1) is 0 Å². The van der Waals surface area contributed by atoms with Gasteiger partial charge in [-0.2, -0.15) is 0 Å². The van der Waals surface area contributed by atoms with Crippen LogP contribution >= 0.6 is 11.6 Å². The molecule has 3 heteroatoms. The van der Waals surface area contributed by atoms with E-state index < -0.39 is 0 Å². The van der Waals surface area contributed by atoms with Crippen LogP contribution in [0.25, 0.3) is 0 Å². The molecule has 0 radical (unpaired) electrons. The van der Waals surface area contributed by atoms with Crippen molar-refractivity contribution < 1.29 is 4.74 Å². The van der Waals surface area contributed by atoms with Crippen molar-refractivity contribution in [3.8, 4) is 5.75 Å². The molecule has 0 amide bonds. The molecule has 0 unspecified atom stereocenters. The fraction of sp³-hybridized carbons (Fsp3) is 0.200. The molecule has 0 spiro atoms. The maximum atomic E-state index is 6.19. The number of nitrogen functional groups attached to an aromatic ring is 1. The summed E-state index contributed by atoms with van der Waals surface area (Å²) in [6.45, 7) is 2.64. The monoisotopic (exact) mass is 261 g/mol. The molecule has 0 heterocycles. The first-order valence-corrected chi connectivity index (χ1v) is 6.33. The molecule has 0 aliphatic carbocycles. The van der Waals surface area contributed by atoms with E-state index in [9.17, 15) is 0 Å². The Bertz CT molecular complexity index is 540. The van der Waals surface area contributed by atoms with E-state index in [1.54, 1.807) is 6.07 Å². The van der Waals surface area contributed by atoms with Crippen molar-refractivity contribution in [2.75, 3.05) is 12.3 Å². The molecule has 94 valence electrons. The first kappa shape index (κ1) is 12.8. The van der Waals surface area contributed by atoms with Crippen molar-refractivity contribution in [1.82, 2.24) is 0 Å². The van der Waals surface area contributed by atoms with Gasteiger partial charge in [-0.1, -0.05) is 35.9 Å². The number of rotatable bonds is 4. The summed E-state index contributed by atoms with van der Waals surface area (Å²) < 4.78 is 5.61. The molecule has 2 N–H and O–H groups in total. The molecule has 0 saturated heterocycles. The van der Waals surface area contributed by atoms with E-state index in [1.165, 1.54) is 0 Å². The SMILES string of the molecule is CCOc1ccccc1Cc1ccc(N)cc1Cl. The summed E-state index contributed by atoms with van der Waals surface area (Å²) in [4.78, 5) is 0. The standard InChI is InChI=1S/C15H16ClNO/c1-2-18-15-6-4-3-5-12(15)9-11-7-8-13(17)10-14(11)16/h3-8,10H,2,9,17H2,1H3. The summed E-state index contributed by atoms with van der Waals surface area (Å²) in [7, 11) is 0. The van der Waals surface area contributed by atoms with Crippen molar-refractivity contribution in [3.05, 3.63) is 58.6 Å². The molecule has 0 aliphatic rings. The van der Waals surface area contributed by atoms with Crippen LogP contribution in [0, 0.1) is 0 Å². The van der Waals surface area contributed by atoms with Crippen molar-refractivity contribution in [2.45, 2.75) is 13.3 Å². The molecule has 18 heavy (non-hydrogen) atoms. The average molecular weight is 262 g/mol. The highest BCUT2D eigenvalue weighted by molar-refractivity contribution is 6.31. The highest BCUT2D eigenvalue weighted by Gasteiger charge is 2.06. The molecule has 2 aromatic carbocycles. The van der Waals surface area contributed by atoms with Crippen molar-refractivity contribution >= 4 is 17.3 Å². The summed E-state index contributed by atoms with van der Waals surface area (Å²) in [5.41, 5.74) is 8.56. The zero-order valence-corrected chi connectivity index (χ0v) is 11.1. The minimum absolute atomic E-state index is 0.659. The number of hydrogen-bond donors (Lipinski definition) is 1. The number of ether oxygens (including phenoxy) is 1. The lowest BCUT2D eigenvalue weighted by Gasteiger charge is -2.11. The van der Waals surface area contributed by atoms with Gasteiger partial charge in [0.25, 0.3) is 0 Å². The van der Waals surface area contributed by atoms with Crippen LogP contribution in [0.5, 0.6) is 5.75 Å². The van der Waals surface area contributed by atoms with Gasteiger partial charge in [0, 0.05) is 17.1 Å². The molecule has 2 rings (SSSR count). The number of halogens is 1. The van der Waals surface area contributed by atoms with Crippen LogP contribution in [0.1, 0.15) is 18.1 Å². The molecule has 2 nitrogen and oxygen atoms in total. The normalized spacial score (nSPS) is 10.3. The lowest BCUT2D eigenvalue weighted by Crippen LogP contribution is -1.98. The summed E-state index contributed by atoms with van der Waals surface area (Å²) in [6, 6.07) is 13.6. The Morgan fingerprint density at radius 1 is 1.11 bits per heavy atom. The van der Waals surface area contributed by atoms with Gasteiger partial charge in [-0.05, 0) is 36.2 Å². The van der Waals surface area contributed by atoms with Gasteiger partial charge < -0.3 is 10.5 Å². The average Bonchev–Trinajstić information content (AvgIpc) is 2.35. The van der Waals surface area contributed by atoms with Crippen LogP contribution in [0.15, 0.2) is 42.5 Å². The third-order valence-corrected chi connectivity index (χ3v) is 3.08. The van der Waals surface area contributed by atoms with Gasteiger partial charge in [0.15, 0.2) is 0 Å². The van der Waals surface area contributed by atoms with Crippen molar-refractivity contribution in [3.63, 3.8) is 0 Å². The Kier molecular flexibility index (Phi) is 4.11. The predicted octanol–water partition coefficient (Wildman–Crippen LogP) is 3.91. The zero-order chi connectivity index (χ0) is 13.0. The lowest BCUT2D eigenvalue weighted by atomic mass is 10.0. The highest BCUT2D eigenvalue weighted by Crippen LogP contribution is 2.26. The Labute approximate surface area is 112 Å². The largest absolute Gasteiger partial charge is 0.494 e. The summed E-state index contributed by atoms with van der Waals surface area (Å²) in [5, 5.41) is 0.696. The first-order chi connectivity index (χ1) is 8.70. The minimum atomic E-state index is 0.659. The zero-order valence-electron chi connectivity index (χ0n) is 10.3. The van der Waals surface area contributed by atoms with E-state index in [1.807, 2.05) is 37.3 Å². The summed E-state index contributed by atoms with van der Waals surface area (Å²) >= 11 is 6.19.